The zero-order valence-electron chi connectivity index (χ0n) is 14.9. The van der Waals surface area contributed by atoms with Crippen molar-refractivity contribution in [2.45, 2.75) is 44.9 Å². The Labute approximate surface area is 145 Å². The van der Waals surface area contributed by atoms with E-state index in [1.54, 1.807) is 12.1 Å². The Morgan fingerprint density at radius 1 is 1.24 bits per heavy atom. The Hall–Kier alpha value is -2.50. The number of hydrogen-bond acceptors (Lipinski definition) is 4. The number of aromatic nitrogens is 4. The molecule has 1 aliphatic rings. The Kier molecular flexibility index (Phi) is 3.52. The van der Waals surface area contributed by atoms with Crippen LogP contribution < -0.4 is 0 Å². The lowest BCUT2D eigenvalue weighted by atomic mass is 9.91. The number of halogens is 1. The monoisotopic (exact) mass is 340 g/mol. The van der Waals surface area contributed by atoms with Gasteiger partial charge in [0, 0.05) is 12.7 Å². The van der Waals surface area contributed by atoms with Crippen LogP contribution in [0.5, 0.6) is 0 Å². The highest BCUT2D eigenvalue weighted by Gasteiger charge is 2.51. The molecule has 0 bridgehead atoms. The number of hydrogen-bond donors (Lipinski definition) is 0. The summed E-state index contributed by atoms with van der Waals surface area (Å²) in [4.78, 5) is 4.60. The van der Waals surface area contributed by atoms with Crippen molar-refractivity contribution in [1.29, 1.82) is 0 Å². The molecule has 0 atom stereocenters. The molecule has 6 heteroatoms. The summed E-state index contributed by atoms with van der Waals surface area (Å²) < 4.78 is 21.1. The number of rotatable bonds is 4. The molecule has 0 spiro atoms. The Balaban J connectivity index is 1.72. The molecule has 0 unspecified atom stereocenters. The second kappa shape index (κ2) is 5.51. The van der Waals surface area contributed by atoms with Crippen LogP contribution in [0.1, 0.15) is 55.3 Å². The number of nitrogens with zero attached hydrogens (tertiary/aromatic N) is 4. The van der Waals surface area contributed by atoms with Crippen LogP contribution in [0.2, 0.25) is 0 Å². The van der Waals surface area contributed by atoms with Gasteiger partial charge in [-0.25, -0.2) is 4.39 Å². The van der Waals surface area contributed by atoms with Crippen LogP contribution in [-0.4, -0.2) is 19.9 Å². The Bertz CT molecular complexity index is 937. The van der Waals surface area contributed by atoms with Gasteiger partial charge >= 0.3 is 0 Å². The number of aryl methyl sites for hydroxylation is 2. The van der Waals surface area contributed by atoms with Crippen LogP contribution in [0.25, 0.3) is 11.6 Å². The first-order valence-electron chi connectivity index (χ1n) is 8.56. The molecule has 1 aromatic carbocycles. The highest BCUT2D eigenvalue weighted by molar-refractivity contribution is 5.50. The third-order valence-electron chi connectivity index (χ3n) is 5.05. The van der Waals surface area contributed by atoms with Crippen molar-refractivity contribution < 1.29 is 8.91 Å². The van der Waals surface area contributed by atoms with Gasteiger partial charge in [-0.15, -0.1) is 0 Å². The summed E-state index contributed by atoms with van der Waals surface area (Å²) in [5.41, 5.74) is 3.45. The summed E-state index contributed by atoms with van der Waals surface area (Å²) >= 11 is 0. The normalized spacial score (nSPS) is 15.8. The van der Waals surface area contributed by atoms with E-state index in [0.717, 1.165) is 29.7 Å². The maximum atomic E-state index is 13.7. The van der Waals surface area contributed by atoms with Gasteiger partial charge in [0.25, 0.3) is 5.89 Å². The standard InChI is InChI=1S/C19H21FN4O/c1-11(2)16-10-15(22-24(16)4)17-21-18(23-25-17)19(7-8-19)14-9-13(20)6-5-12(14)3/h5-6,9-11H,7-8H2,1-4H3. The molecule has 0 aliphatic heterocycles. The number of benzene rings is 1. The van der Waals surface area contributed by atoms with Crippen molar-refractivity contribution in [2.75, 3.05) is 0 Å². The summed E-state index contributed by atoms with van der Waals surface area (Å²) in [5.74, 6) is 1.16. The minimum Gasteiger partial charge on any atom is -0.332 e. The van der Waals surface area contributed by atoms with Gasteiger partial charge in [-0.2, -0.15) is 10.1 Å². The molecule has 5 nitrogen and oxygen atoms in total. The van der Waals surface area contributed by atoms with Crippen molar-refractivity contribution in [3.05, 3.63) is 52.7 Å². The fourth-order valence-corrected chi connectivity index (χ4v) is 3.50. The predicted molar refractivity (Wildman–Crippen MR) is 91.7 cm³/mol. The third-order valence-corrected chi connectivity index (χ3v) is 5.05. The van der Waals surface area contributed by atoms with Gasteiger partial charge < -0.3 is 4.52 Å². The van der Waals surface area contributed by atoms with E-state index in [0.29, 0.717) is 23.3 Å². The lowest BCUT2D eigenvalue weighted by molar-refractivity contribution is 0.416. The van der Waals surface area contributed by atoms with Gasteiger partial charge in [0.2, 0.25) is 0 Å². The van der Waals surface area contributed by atoms with Crippen LogP contribution in [0.4, 0.5) is 4.39 Å². The molecule has 1 saturated carbocycles. The first kappa shape index (κ1) is 16.0. The quantitative estimate of drug-likeness (QED) is 0.717. The van der Waals surface area contributed by atoms with E-state index < -0.39 is 0 Å². The topological polar surface area (TPSA) is 56.7 Å². The second-order valence-electron chi connectivity index (χ2n) is 7.20. The third kappa shape index (κ3) is 2.56. The molecule has 3 aromatic rings. The SMILES string of the molecule is Cc1ccc(F)cc1C1(c2noc(-c3cc(C(C)C)n(C)n3)n2)CC1. The fraction of sp³-hybridized carbons (Fsp3) is 0.421. The predicted octanol–water partition coefficient (Wildman–Crippen LogP) is 4.12. The van der Waals surface area contributed by atoms with Crippen LogP contribution in [0.15, 0.2) is 28.8 Å². The average molecular weight is 340 g/mol. The average Bonchev–Trinajstić information content (AvgIpc) is 3.03. The second-order valence-corrected chi connectivity index (χ2v) is 7.20. The highest BCUT2D eigenvalue weighted by atomic mass is 19.1. The van der Waals surface area contributed by atoms with Crippen LogP contribution in [0.3, 0.4) is 0 Å². The molecular formula is C19H21FN4O. The van der Waals surface area contributed by atoms with E-state index in [2.05, 4.69) is 29.1 Å². The van der Waals surface area contributed by atoms with Crippen molar-refractivity contribution >= 4 is 0 Å². The summed E-state index contributed by atoms with van der Waals surface area (Å²) in [6, 6.07) is 6.86. The van der Waals surface area contributed by atoms with Crippen molar-refractivity contribution in [1.82, 2.24) is 19.9 Å². The van der Waals surface area contributed by atoms with Crippen molar-refractivity contribution in [2.24, 2.45) is 7.05 Å². The molecule has 2 heterocycles. The van der Waals surface area contributed by atoms with Gasteiger partial charge in [0.15, 0.2) is 11.5 Å². The lowest BCUT2D eigenvalue weighted by Crippen LogP contribution is -2.13. The molecule has 0 saturated heterocycles. The molecule has 130 valence electrons. The summed E-state index contributed by atoms with van der Waals surface area (Å²) in [5, 5.41) is 8.68. The molecule has 1 aliphatic carbocycles. The Morgan fingerprint density at radius 2 is 2.00 bits per heavy atom. The maximum absolute atomic E-state index is 13.7. The first-order valence-corrected chi connectivity index (χ1v) is 8.56. The molecule has 25 heavy (non-hydrogen) atoms. The smallest absolute Gasteiger partial charge is 0.278 e. The fourth-order valence-electron chi connectivity index (χ4n) is 3.50. The summed E-state index contributed by atoms with van der Waals surface area (Å²) in [6.45, 7) is 6.22. The molecule has 1 fully saturated rings. The van der Waals surface area contributed by atoms with E-state index in [4.69, 9.17) is 4.52 Å². The minimum atomic E-state index is -0.330. The van der Waals surface area contributed by atoms with E-state index in [-0.39, 0.29) is 11.2 Å². The van der Waals surface area contributed by atoms with Gasteiger partial charge in [-0.1, -0.05) is 25.1 Å². The van der Waals surface area contributed by atoms with E-state index >= 15 is 0 Å². The molecule has 0 radical (unpaired) electrons. The van der Waals surface area contributed by atoms with Gasteiger partial charge in [-0.3, -0.25) is 4.68 Å². The van der Waals surface area contributed by atoms with E-state index in [1.165, 1.54) is 6.07 Å². The minimum absolute atomic E-state index is 0.234. The van der Waals surface area contributed by atoms with Crippen LogP contribution >= 0.6 is 0 Å². The van der Waals surface area contributed by atoms with Gasteiger partial charge in [-0.05, 0) is 55.0 Å². The first-order chi connectivity index (χ1) is 11.9. The Morgan fingerprint density at radius 3 is 2.64 bits per heavy atom. The lowest BCUT2D eigenvalue weighted by Gasteiger charge is -2.14. The van der Waals surface area contributed by atoms with Crippen molar-refractivity contribution in [3.63, 3.8) is 0 Å². The van der Waals surface area contributed by atoms with Crippen LogP contribution in [0, 0.1) is 12.7 Å². The molecule has 0 N–H and O–H groups in total. The highest BCUT2D eigenvalue weighted by Crippen LogP contribution is 2.53. The van der Waals surface area contributed by atoms with Gasteiger partial charge in [0.1, 0.15) is 5.82 Å². The van der Waals surface area contributed by atoms with Crippen molar-refractivity contribution in [3.8, 4) is 11.6 Å². The molecule has 2 aromatic heterocycles. The van der Waals surface area contributed by atoms with E-state index in [9.17, 15) is 4.39 Å². The van der Waals surface area contributed by atoms with Crippen LogP contribution in [-0.2, 0) is 12.5 Å². The zero-order chi connectivity index (χ0) is 17.8. The molecule has 4 rings (SSSR count). The van der Waals surface area contributed by atoms with Gasteiger partial charge in [0.05, 0.1) is 5.41 Å². The zero-order valence-corrected chi connectivity index (χ0v) is 14.9. The van der Waals surface area contributed by atoms with E-state index in [1.807, 2.05) is 24.7 Å². The molecular weight excluding hydrogens is 319 g/mol. The summed E-state index contributed by atoms with van der Waals surface area (Å²) in [7, 11) is 1.91. The maximum Gasteiger partial charge on any atom is 0.278 e. The molecule has 0 amide bonds. The largest absolute Gasteiger partial charge is 0.332 e. The summed E-state index contributed by atoms with van der Waals surface area (Å²) in [6.07, 6.45) is 1.80.